The van der Waals surface area contributed by atoms with Gasteiger partial charge in [0.2, 0.25) is 5.91 Å². The van der Waals surface area contributed by atoms with E-state index in [1.807, 2.05) is 18.2 Å². The molecule has 0 spiro atoms. The van der Waals surface area contributed by atoms with Gasteiger partial charge in [0.1, 0.15) is 0 Å². The van der Waals surface area contributed by atoms with Crippen molar-refractivity contribution in [3.8, 4) is 0 Å². The first-order chi connectivity index (χ1) is 11.5. The largest absolute Gasteiger partial charge is 0.369 e. The van der Waals surface area contributed by atoms with E-state index in [-0.39, 0.29) is 5.56 Å². The van der Waals surface area contributed by atoms with Gasteiger partial charge in [-0.15, -0.1) is 0 Å². The maximum Gasteiger partial charge on any atom is 0.262 e. The van der Waals surface area contributed by atoms with Crippen LogP contribution in [0.3, 0.4) is 0 Å². The molecule has 2 N–H and O–H groups in total. The van der Waals surface area contributed by atoms with Gasteiger partial charge in [-0.25, -0.2) is 4.98 Å². The maximum absolute atomic E-state index is 12.9. The third-order valence-electron chi connectivity index (χ3n) is 4.04. The van der Waals surface area contributed by atoms with Crippen molar-refractivity contribution in [2.45, 2.75) is 37.7 Å². The van der Waals surface area contributed by atoms with Gasteiger partial charge in [0.25, 0.3) is 5.56 Å². The first-order valence-electron chi connectivity index (χ1n) is 8.15. The molecular formula is C17H24N4O2S. The highest BCUT2D eigenvalue weighted by atomic mass is 32.2. The van der Waals surface area contributed by atoms with Gasteiger partial charge in [-0.05, 0) is 32.1 Å². The highest BCUT2D eigenvalue weighted by Gasteiger charge is 2.17. The van der Waals surface area contributed by atoms with Crippen molar-refractivity contribution in [1.82, 2.24) is 14.5 Å². The third-order valence-corrected chi connectivity index (χ3v) is 5.15. The Morgan fingerprint density at radius 3 is 2.62 bits per heavy atom. The molecule has 2 aromatic rings. The number of carbonyl (C=O) groups is 1. The number of nitrogens with zero attached hydrogens (tertiary/aromatic N) is 3. The molecule has 130 valence electrons. The van der Waals surface area contributed by atoms with E-state index in [4.69, 9.17) is 5.73 Å². The Labute approximate surface area is 146 Å². The molecule has 0 radical (unpaired) electrons. The molecule has 0 aliphatic carbocycles. The molecule has 24 heavy (non-hydrogen) atoms. The van der Waals surface area contributed by atoms with Crippen molar-refractivity contribution in [2.75, 3.05) is 19.6 Å². The van der Waals surface area contributed by atoms with Gasteiger partial charge in [0, 0.05) is 13.1 Å². The number of rotatable bonds is 8. The molecule has 0 fully saturated rings. The Morgan fingerprint density at radius 1 is 1.33 bits per heavy atom. The zero-order valence-corrected chi connectivity index (χ0v) is 15.2. The van der Waals surface area contributed by atoms with E-state index in [0.29, 0.717) is 22.6 Å². The predicted molar refractivity (Wildman–Crippen MR) is 98.3 cm³/mol. The number of carbonyl (C=O) groups excluding carboxylic acids is 1. The molecule has 0 saturated heterocycles. The van der Waals surface area contributed by atoms with Crippen molar-refractivity contribution in [3.05, 3.63) is 34.6 Å². The van der Waals surface area contributed by atoms with E-state index in [0.717, 1.165) is 19.6 Å². The molecular weight excluding hydrogens is 324 g/mol. The minimum absolute atomic E-state index is 0.0769. The number of nitrogens with two attached hydrogens (primary N) is 1. The zero-order chi connectivity index (χ0) is 17.7. The topological polar surface area (TPSA) is 81.2 Å². The summed E-state index contributed by atoms with van der Waals surface area (Å²) in [5.74, 6) is -0.419. The Balaban J connectivity index is 2.45. The second kappa shape index (κ2) is 8.30. The van der Waals surface area contributed by atoms with Crippen LogP contribution in [-0.2, 0) is 11.3 Å². The van der Waals surface area contributed by atoms with Crippen molar-refractivity contribution in [3.63, 3.8) is 0 Å². The highest BCUT2D eigenvalue weighted by Crippen LogP contribution is 2.22. The summed E-state index contributed by atoms with van der Waals surface area (Å²) in [6.45, 7) is 9.05. The Bertz CT molecular complexity index is 771. The molecule has 1 aromatic heterocycles. The lowest BCUT2D eigenvalue weighted by Crippen LogP contribution is -2.33. The van der Waals surface area contributed by atoms with Crippen LogP contribution in [0, 0.1) is 0 Å². The summed E-state index contributed by atoms with van der Waals surface area (Å²) in [6.07, 6.45) is 0. The monoisotopic (exact) mass is 348 g/mol. The van der Waals surface area contributed by atoms with Crippen molar-refractivity contribution >= 4 is 28.6 Å². The third kappa shape index (κ3) is 4.15. The number of primary amides is 1. The first-order valence-corrected chi connectivity index (χ1v) is 9.03. The lowest BCUT2D eigenvalue weighted by atomic mass is 10.2. The molecule has 0 saturated carbocycles. The second-order valence-corrected chi connectivity index (χ2v) is 6.87. The van der Waals surface area contributed by atoms with Crippen LogP contribution in [-0.4, -0.2) is 45.2 Å². The molecule has 1 aromatic carbocycles. The maximum atomic E-state index is 12.9. The van der Waals surface area contributed by atoms with Crippen molar-refractivity contribution in [2.24, 2.45) is 5.73 Å². The smallest absolute Gasteiger partial charge is 0.262 e. The van der Waals surface area contributed by atoms with Gasteiger partial charge < -0.3 is 10.6 Å². The van der Waals surface area contributed by atoms with Gasteiger partial charge in [0.05, 0.1) is 16.2 Å². The summed E-state index contributed by atoms with van der Waals surface area (Å²) in [4.78, 5) is 31.1. The fourth-order valence-corrected chi connectivity index (χ4v) is 3.32. The lowest BCUT2D eigenvalue weighted by molar-refractivity contribution is -0.117. The number of para-hydroxylation sites is 1. The quantitative estimate of drug-likeness (QED) is 0.580. The molecule has 1 heterocycles. The van der Waals surface area contributed by atoms with E-state index in [1.54, 1.807) is 17.6 Å². The molecule has 0 aliphatic rings. The molecule has 7 heteroatoms. The van der Waals surface area contributed by atoms with Crippen LogP contribution < -0.4 is 11.3 Å². The van der Waals surface area contributed by atoms with E-state index < -0.39 is 11.2 Å². The van der Waals surface area contributed by atoms with Gasteiger partial charge in [0.15, 0.2) is 5.16 Å². The number of fused-ring (bicyclic) bond motifs is 1. The molecule has 1 amide bonds. The minimum Gasteiger partial charge on any atom is -0.369 e. The predicted octanol–water partition coefficient (Wildman–Crippen LogP) is 1.70. The number of amides is 1. The Hall–Kier alpha value is -1.86. The highest BCUT2D eigenvalue weighted by molar-refractivity contribution is 8.00. The normalized spacial score (nSPS) is 12.7. The zero-order valence-electron chi connectivity index (χ0n) is 14.4. The Kier molecular flexibility index (Phi) is 6.39. The van der Waals surface area contributed by atoms with Gasteiger partial charge in [-0.2, -0.15) is 0 Å². The molecule has 0 bridgehead atoms. The minimum atomic E-state index is -0.447. The van der Waals surface area contributed by atoms with E-state index in [9.17, 15) is 9.59 Å². The number of thioether (sulfide) groups is 1. The average molecular weight is 348 g/mol. The molecule has 0 aliphatic heterocycles. The van der Waals surface area contributed by atoms with E-state index >= 15 is 0 Å². The standard InChI is InChI=1S/C17H24N4O2S/c1-4-20(5-2)10-11-21-16(23)13-8-6-7-9-14(13)19-17(21)24-12(3)15(18)22/h6-9,12H,4-5,10-11H2,1-3H3,(H2,18,22). The number of aromatic nitrogens is 2. The molecule has 6 nitrogen and oxygen atoms in total. The second-order valence-electron chi connectivity index (χ2n) is 5.56. The van der Waals surface area contributed by atoms with Crippen LogP contribution >= 0.6 is 11.8 Å². The van der Waals surface area contributed by atoms with Crippen LogP contribution in [0.25, 0.3) is 10.9 Å². The summed E-state index contributed by atoms with van der Waals surface area (Å²) in [7, 11) is 0. The van der Waals surface area contributed by atoms with Crippen LogP contribution in [0.4, 0.5) is 0 Å². The summed E-state index contributed by atoms with van der Waals surface area (Å²) in [5, 5.41) is 0.683. The number of hydrogen-bond acceptors (Lipinski definition) is 5. The number of likely N-dealkylation sites (N-methyl/N-ethyl adjacent to an activating group) is 1. The van der Waals surface area contributed by atoms with Crippen LogP contribution in [0.2, 0.25) is 0 Å². The van der Waals surface area contributed by atoms with Gasteiger partial charge in [-0.3, -0.25) is 14.2 Å². The summed E-state index contributed by atoms with van der Waals surface area (Å²) >= 11 is 1.23. The molecule has 1 atom stereocenters. The summed E-state index contributed by atoms with van der Waals surface area (Å²) < 4.78 is 1.66. The SMILES string of the molecule is CCN(CC)CCn1c(SC(C)C(N)=O)nc2ccccc2c1=O. The molecule has 2 rings (SSSR count). The van der Waals surface area contributed by atoms with Crippen LogP contribution in [0.5, 0.6) is 0 Å². The number of hydrogen-bond donors (Lipinski definition) is 1. The van der Waals surface area contributed by atoms with Gasteiger partial charge in [-0.1, -0.05) is 37.7 Å². The van der Waals surface area contributed by atoms with Crippen molar-refractivity contribution in [1.29, 1.82) is 0 Å². The summed E-state index contributed by atoms with van der Waals surface area (Å²) in [6, 6.07) is 7.27. The fourth-order valence-electron chi connectivity index (χ4n) is 2.43. The van der Waals surface area contributed by atoms with Crippen molar-refractivity contribution < 1.29 is 4.79 Å². The van der Waals surface area contributed by atoms with Crippen LogP contribution in [0.1, 0.15) is 20.8 Å². The van der Waals surface area contributed by atoms with E-state index in [1.165, 1.54) is 11.8 Å². The first kappa shape index (κ1) is 18.5. The fraction of sp³-hybridized carbons (Fsp3) is 0.471. The average Bonchev–Trinajstić information content (AvgIpc) is 2.57. The molecule has 1 unspecified atom stereocenters. The Morgan fingerprint density at radius 2 is 2.00 bits per heavy atom. The van der Waals surface area contributed by atoms with Crippen LogP contribution in [0.15, 0.2) is 34.2 Å². The van der Waals surface area contributed by atoms with E-state index in [2.05, 4.69) is 23.7 Å². The van der Waals surface area contributed by atoms with Gasteiger partial charge >= 0.3 is 0 Å². The number of benzene rings is 1. The lowest BCUT2D eigenvalue weighted by Gasteiger charge is -2.20. The summed E-state index contributed by atoms with van der Waals surface area (Å²) in [5.41, 5.74) is 5.93.